The maximum absolute atomic E-state index is 12.1. The number of para-hydroxylation sites is 1. The van der Waals surface area contributed by atoms with Crippen molar-refractivity contribution in [2.24, 2.45) is 10.7 Å². The number of aromatic nitrogens is 3. The van der Waals surface area contributed by atoms with Gasteiger partial charge in [-0.05, 0) is 25.0 Å². The minimum atomic E-state index is -5.08. The van der Waals surface area contributed by atoms with Crippen LogP contribution in [0, 0.1) is 0 Å². The predicted octanol–water partition coefficient (Wildman–Crippen LogP) is 1.95. The van der Waals surface area contributed by atoms with Crippen molar-refractivity contribution in [2.75, 3.05) is 13.1 Å². The molecular formula is C22H23F6N7O6. The number of carbonyl (C=O) groups is 4. The summed E-state index contributed by atoms with van der Waals surface area (Å²) in [4.78, 5) is 55.8. The van der Waals surface area contributed by atoms with E-state index in [4.69, 9.17) is 25.5 Å². The molecule has 0 aliphatic rings. The molecule has 0 saturated carbocycles. The Morgan fingerprint density at radius 3 is 2.10 bits per heavy atom. The predicted molar refractivity (Wildman–Crippen MR) is 130 cm³/mol. The number of nitrogens with one attached hydrogen (secondary N) is 4. The number of guanidine groups is 1. The monoisotopic (exact) mass is 595 g/mol. The molecule has 0 saturated heterocycles. The van der Waals surface area contributed by atoms with Crippen LogP contribution >= 0.6 is 0 Å². The lowest BCUT2D eigenvalue weighted by molar-refractivity contribution is -0.193. The minimum Gasteiger partial charge on any atom is -0.475 e. The number of imidazole rings is 1. The third-order valence-electron chi connectivity index (χ3n) is 4.38. The number of hydrogen-bond donors (Lipinski definition) is 7. The molecule has 0 fully saturated rings. The van der Waals surface area contributed by atoms with Gasteiger partial charge in [0.05, 0.1) is 12.9 Å². The van der Waals surface area contributed by atoms with Gasteiger partial charge in [0.2, 0.25) is 5.91 Å². The van der Waals surface area contributed by atoms with Crippen LogP contribution in [0.25, 0.3) is 10.9 Å². The van der Waals surface area contributed by atoms with Crippen LogP contribution in [0.4, 0.5) is 26.3 Å². The number of alkyl halides is 6. The standard InChI is InChI=1S/C18H21N7O2.2C2HF3O2/c19-18(21-7-3-5-13-9-20-11-23-13)25-16(26)10-22-17(27)15-8-12-4-1-2-6-14(12)24-15;2*3-2(4,5)1(6)7/h1-2,4,6,8-9,11,24H,3,5,7,10H2,(H,20,23)(H,22,27)(H3,19,21,25,26);2*(H,6,7). The van der Waals surface area contributed by atoms with E-state index in [1.54, 1.807) is 18.6 Å². The number of rotatable bonds is 7. The molecule has 0 bridgehead atoms. The van der Waals surface area contributed by atoms with E-state index in [0.717, 1.165) is 29.4 Å². The summed E-state index contributed by atoms with van der Waals surface area (Å²) in [5.74, 6) is -6.28. The number of halogens is 6. The Balaban J connectivity index is 0.000000497. The quantitative estimate of drug-likeness (QED) is 0.0925. The molecule has 0 spiro atoms. The Morgan fingerprint density at radius 1 is 1.00 bits per heavy atom. The van der Waals surface area contributed by atoms with Crippen LogP contribution in [0.2, 0.25) is 0 Å². The van der Waals surface area contributed by atoms with Crippen molar-refractivity contribution in [1.29, 1.82) is 0 Å². The molecule has 2 heterocycles. The number of aryl methyl sites for hydroxylation is 1. The molecule has 3 rings (SSSR count). The number of hydrogen-bond acceptors (Lipinski definition) is 6. The van der Waals surface area contributed by atoms with Crippen LogP contribution in [-0.2, 0) is 20.8 Å². The summed E-state index contributed by atoms with van der Waals surface area (Å²) >= 11 is 0. The summed E-state index contributed by atoms with van der Waals surface area (Å²) in [5, 5.41) is 20.2. The van der Waals surface area contributed by atoms with E-state index in [9.17, 15) is 35.9 Å². The second-order valence-corrected chi connectivity index (χ2v) is 7.55. The van der Waals surface area contributed by atoms with Gasteiger partial charge in [-0.15, -0.1) is 0 Å². The number of carboxylic acid groups (broad SMARTS) is 2. The van der Waals surface area contributed by atoms with Crippen LogP contribution in [0.15, 0.2) is 47.8 Å². The van der Waals surface area contributed by atoms with Gasteiger partial charge in [0.1, 0.15) is 5.69 Å². The average Bonchev–Trinajstić information content (AvgIpc) is 3.55. The van der Waals surface area contributed by atoms with E-state index in [-0.39, 0.29) is 18.4 Å². The topological polar surface area (TPSA) is 216 Å². The molecule has 3 aromatic rings. The van der Waals surface area contributed by atoms with Gasteiger partial charge in [-0.3, -0.25) is 19.9 Å². The number of benzene rings is 1. The first kappa shape index (κ1) is 33.9. The molecule has 0 aliphatic carbocycles. The largest absolute Gasteiger partial charge is 0.490 e. The van der Waals surface area contributed by atoms with Crippen molar-refractivity contribution >= 4 is 40.6 Å². The van der Waals surface area contributed by atoms with Gasteiger partial charge in [-0.25, -0.2) is 14.6 Å². The summed E-state index contributed by atoms with van der Waals surface area (Å²) in [5.41, 5.74) is 7.96. The molecule has 2 amide bonds. The molecule has 8 N–H and O–H groups in total. The van der Waals surface area contributed by atoms with Crippen molar-refractivity contribution in [3.63, 3.8) is 0 Å². The zero-order chi connectivity index (χ0) is 31.2. The van der Waals surface area contributed by atoms with Crippen molar-refractivity contribution in [2.45, 2.75) is 25.2 Å². The molecule has 224 valence electrons. The highest BCUT2D eigenvalue weighted by atomic mass is 19.4. The highest BCUT2D eigenvalue weighted by Gasteiger charge is 2.38. The summed E-state index contributed by atoms with van der Waals surface area (Å²) in [7, 11) is 0. The number of H-pyrrole nitrogens is 2. The van der Waals surface area contributed by atoms with Gasteiger partial charge in [-0.2, -0.15) is 26.3 Å². The first-order valence-corrected chi connectivity index (χ1v) is 11.0. The average molecular weight is 595 g/mol. The fourth-order valence-electron chi connectivity index (χ4n) is 2.57. The lowest BCUT2D eigenvalue weighted by Crippen LogP contribution is -2.43. The first-order valence-electron chi connectivity index (χ1n) is 11.0. The number of fused-ring (bicyclic) bond motifs is 1. The van der Waals surface area contributed by atoms with Crippen molar-refractivity contribution in [3.8, 4) is 0 Å². The molecule has 19 heteroatoms. The highest BCUT2D eigenvalue weighted by Crippen LogP contribution is 2.15. The Hall–Kier alpha value is -5.10. The number of nitrogens with two attached hydrogens (primary N) is 1. The van der Waals surface area contributed by atoms with Crippen LogP contribution in [-0.4, -0.2) is 80.3 Å². The first-order chi connectivity index (χ1) is 19.0. The fourth-order valence-corrected chi connectivity index (χ4v) is 2.57. The van der Waals surface area contributed by atoms with Gasteiger partial charge >= 0.3 is 24.3 Å². The molecule has 1 aromatic carbocycles. The lowest BCUT2D eigenvalue weighted by Gasteiger charge is -2.06. The van der Waals surface area contributed by atoms with E-state index in [0.29, 0.717) is 12.2 Å². The van der Waals surface area contributed by atoms with Gasteiger partial charge in [0.25, 0.3) is 5.91 Å². The summed E-state index contributed by atoms with van der Waals surface area (Å²) in [6.07, 6.45) is -5.22. The van der Waals surface area contributed by atoms with Gasteiger partial charge in [0, 0.05) is 29.3 Å². The molecule has 2 aromatic heterocycles. The number of amides is 2. The third kappa shape index (κ3) is 13.5. The van der Waals surface area contributed by atoms with Crippen LogP contribution in [0.1, 0.15) is 22.6 Å². The van der Waals surface area contributed by atoms with E-state index in [2.05, 4.69) is 30.6 Å². The zero-order valence-corrected chi connectivity index (χ0v) is 20.6. The van der Waals surface area contributed by atoms with E-state index >= 15 is 0 Å². The second kappa shape index (κ2) is 15.5. The molecular weight excluding hydrogens is 572 g/mol. The van der Waals surface area contributed by atoms with E-state index < -0.39 is 30.2 Å². The van der Waals surface area contributed by atoms with E-state index in [1.807, 2.05) is 24.3 Å². The minimum absolute atomic E-state index is 0.0319. The molecule has 0 atom stereocenters. The molecule has 0 unspecified atom stereocenters. The van der Waals surface area contributed by atoms with Crippen molar-refractivity contribution < 1.29 is 55.7 Å². The summed E-state index contributed by atoms with van der Waals surface area (Å²) in [6, 6.07) is 9.28. The number of aliphatic carboxylic acids is 2. The van der Waals surface area contributed by atoms with Gasteiger partial charge in [-0.1, -0.05) is 18.2 Å². The number of nitrogens with zero attached hydrogens (tertiary/aromatic N) is 2. The number of carboxylic acids is 2. The third-order valence-corrected chi connectivity index (χ3v) is 4.38. The Kier molecular flexibility index (Phi) is 12.8. The van der Waals surface area contributed by atoms with Crippen molar-refractivity contribution in [1.82, 2.24) is 25.6 Å². The number of aromatic amines is 2. The highest BCUT2D eigenvalue weighted by molar-refractivity contribution is 6.02. The van der Waals surface area contributed by atoms with Crippen LogP contribution in [0.3, 0.4) is 0 Å². The summed E-state index contributed by atoms with van der Waals surface area (Å²) in [6.45, 7) is 0.283. The normalized spacial score (nSPS) is 11.4. The molecule has 0 aliphatic heterocycles. The molecule has 0 radical (unpaired) electrons. The van der Waals surface area contributed by atoms with E-state index in [1.165, 1.54) is 0 Å². The number of carbonyl (C=O) groups excluding carboxylic acids is 2. The smallest absolute Gasteiger partial charge is 0.475 e. The Bertz CT molecular complexity index is 1280. The van der Waals surface area contributed by atoms with Gasteiger partial charge in [0.15, 0.2) is 5.96 Å². The number of aliphatic imine (C=N–C) groups is 1. The lowest BCUT2D eigenvalue weighted by atomic mass is 10.2. The fraction of sp³-hybridized carbons (Fsp3) is 0.273. The summed E-state index contributed by atoms with van der Waals surface area (Å²) < 4.78 is 63.5. The van der Waals surface area contributed by atoms with Crippen LogP contribution in [0.5, 0.6) is 0 Å². The molecule has 13 nitrogen and oxygen atoms in total. The second-order valence-electron chi connectivity index (χ2n) is 7.55. The maximum atomic E-state index is 12.1. The van der Waals surface area contributed by atoms with Crippen LogP contribution < -0.4 is 16.4 Å². The van der Waals surface area contributed by atoms with Gasteiger partial charge < -0.3 is 31.2 Å². The SMILES string of the molecule is NC(=NCCCc1cnc[nH]1)NC(=O)CNC(=O)c1cc2ccccc2[nH]1.O=C(O)C(F)(F)F.O=C(O)C(F)(F)F. The Labute approximate surface area is 225 Å². The molecule has 41 heavy (non-hydrogen) atoms. The van der Waals surface area contributed by atoms with Crippen molar-refractivity contribution in [3.05, 3.63) is 54.2 Å². The Morgan fingerprint density at radius 2 is 1.59 bits per heavy atom. The maximum Gasteiger partial charge on any atom is 0.490 e. The zero-order valence-electron chi connectivity index (χ0n) is 20.6.